The van der Waals surface area contributed by atoms with E-state index in [1.54, 1.807) is 28.2 Å². The van der Waals surface area contributed by atoms with E-state index in [2.05, 4.69) is 20.3 Å². The minimum Gasteiger partial charge on any atom is -0.387 e. The fraction of sp³-hybridized carbons (Fsp3) is 0.333. The van der Waals surface area contributed by atoms with E-state index in [4.69, 9.17) is 23.2 Å². The molecule has 5 heterocycles. The quantitative estimate of drug-likeness (QED) is 0.331. The van der Waals surface area contributed by atoms with Gasteiger partial charge in [-0.15, -0.1) is 0 Å². The molecule has 0 aliphatic carbocycles. The number of nitrogens with one attached hydrogen (secondary N) is 2. The van der Waals surface area contributed by atoms with Gasteiger partial charge in [0.05, 0.1) is 32.9 Å². The van der Waals surface area contributed by atoms with Crippen molar-refractivity contribution in [3.05, 3.63) is 68.7 Å². The van der Waals surface area contributed by atoms with Gasteiger partial charge in [-0.3, -0.25) is 14.3 Å². The average molecular weight is 568 g/mol. The SMILES string of the molecule is CC(O)c1ncnc2c1c(-c1cccc(Cl)c1Cl)cn2CC(=O)N1CCC(n2c3c([nH]c2=O)NCC=C3)CC1. The first-order chi connectivity index (χ1) is 18.8. The predicted molar refractivity (Wildman–Crippen MR) is 151 cm³/mol. The molecule has 1 unspecified atom stereocenters. The van der Waals surface area contributed by atoms with Gasteiger partial charge in [0.15, 0.2) is 0 Å². The number of fused-ring (bicyclic) bond motifs is 2. The highest BCUT2D eigenvalue weighted by Crippen LogP contribution is 2.39. The van der Waals surface area contributed by atoms with E-state index >= 15 is 0 Å². The van der Waals surface area contributed by atoms with Crippen LogP contribution in [0.1, 0.15) is 43.3 Å². The number of hydrogen-bond donors (Lipinski definition) is 3. The second kappa shape index (κ2) is 10.2. The molecule has 1 atom stereocenters. The Kier molecular flexibility index (Phi) is 6.70. The monoisotopic (exact) mass is 567 g/mol. The van der Waals surface area contributed by atoms with E-state index < -0.39 is 6.10 Å². The normalized spacial score (nSPS) is 16.4. The zero-order valence-electron chi connectivity index (χ0n) is 21.2. The van der Waals surface area contributed by atoms with Gasteiger partial charge in [0.2, 0.25) is 5.91 Å². The van der Waals surface area contributed by atoms with Crippen LogP contribution in [0.25, 0.3) is 28.2 Å². The van der Waals surface area contributed by atoms with Gasteiger partial charge < -0.3 is 19.9 Å². The van der Waals surface area contributed by atoms with Crippen LogP contribution in [0.5, 0.6) is 0 Å². The molecule has 3 aromatic heterocycles. The Balaban J connectivity index is 1.27. The zero-order valence-corrected chi connectivity index (χ0v) is 22.7. The number of H-pyrrole nitrogens is 1. The number of aromatic amines is 1. The van der Waals surface area contributed by atoms with Crippen LogP contribution in [0.4, 0.5) is 5.82 Å². The smallest absolute Gasteiger partial charge is 0.327 e. The first-order valence-electron chi connectivity index (χ1n) is 12.8. The molecule has 0 saturated carbocycles. The molecular formula is C27H27Cl2N7O3. The summed E-state index contributed by atoms with van der Waals surface area (Å²) in [6, 6.07) is 5.35. The van der Waals surface area contributed by atoms with Crippen LogP contribution in [0.2, 0.25) is 10.0 Å². The van der Waals surface area contributed by atoms with Crippen LogP contribution in [-0.2, 0) is 11.3 Å². The predicted octanol–water partition coefficient (Wildman–Crippen LogP) is 4.25. The minimum atomic E-state index is -0.856. The molecule has 0 spiro atoms. The number of aromatic nitrogens is 5. The van der Waals surface area contributed by atoms with Gasteiger partial charge in [-0.1, -0.05) is 41.4 Å². The lowest BCUT2D eigenvalue weighted by atomic mass is 10.0. The maximum Gasteiger partial charge on any atom is 0.327 e. The molecule has 3 N–H and O–H groups in total. The van der Waals surface area contributed by atoms with Crippen LogP contribution in [-0.4, -0.2) is 59.6 Å². The average Bonchev–Trinajstić information content (AvgIpc) is 3.47. The third-order valence-electron chi connectivity index (χ3n) is 7.45. The molecule has 2 aliphatic rings. The Bertz CT molecular complexity index is 1660. The second-order valence-corrected chi connectivity index (χ2v) is 10.6. The lowest BCUT2D eigenvalue weighted by Crippen LogP contribution is -2.42. The third-order valence-corrected chi connectivity index (χ3v) is 8.27. The maximum absolute atomic E-state index is 13.5. The molecular weight excluding hydrogens is 541 g/mol. The number of imidazole rings is 1. The summed E-state index contributed by atoms with van der Waals surface area (Å²) in [6.07, 6.45) is 7.65. The van der Waals surface area contributed by atoms with E-state index in [0.717, 1.165) is 11.5 Å². The number of amides is 1. The van der Waals surface area contributed by atoms with Crippen molar-refractivity contribution in [3.63, 3.8) is 0 Å². The first kappa shape index (κ1) is 25.7. The van der Waals surface area contributed by atoms with Crippen LogP contribution >= 0.6 is 23.2 Å². The molecule has 0 bridgehead atoms. The number of carbonyl (C=O) groups is 1. The van der Waals surface area contributed by atoms with Gasteiger partial charge in [0, 0.05) is 43.0 Å². The second-order valence-electron chi connectivity index (χ2n) is 9.86. The number of rotatable bonds is 5. The third kappa shape index (κ3) is 4.52. The number of anilines is 1. The van der Waals surface area contributed by atoms with Crippen molar-refractivity contribution >= 4 is 52.0 Å². The van der Waals surface area contributed by atoms with Crippen molar-refractivity contribution in [2.24, 2.45) is 0 Å². The fourth-order valence-electron chi connectivity index (χ4n) is 5.57. The van der Waals surface area contributed by atoms with Crippen molar-refractivity contribution in [2.45, 2.75) is 38.5 Å². The maximum atomic E-state index is 13.5. The highest BCUT2D eigenvalue weighted by molar-refractivity contribution is 6.44. The number of carbonyl (C=O) groups excluding carboxylic acids is 1. The molecule has 6 rings (SSSR count). The number of nitrogens with zero attached hydrogens (tertiary/aromatic N) is 5. The Hall–Kier alpha value is -3.60. The summed E-state index contributed by atoms with van der Waals surface area (Å²) in [7, 11) is 0. The van der Waals surface area contributed by atoms with Crippen LogP contribution in [0, 0.1) is 0 Å². The summed E-state index contributed by atoms with van der Waals surface area (Å²) < 4.78 is 3.57. The molecule has 1 saturated heterocycles. The molecule has 1 aromatic carbocycles. The van der Waals surface area contributed by atoms with Crippen molar-refractivity contribution < 1.29 is 9.90 Å². The van der Waals surface area contributed by atoms with Crippen LogP contribution in [0.15, 0.2) is 41.6 Å². The summed E-state index contributed by atoms with van der Waals surface area (Å²) in [5.41, 5.74) is 3.06. The molecule has 4 aromatic rings. The van der Waals surface area contributed by atoms with Gasteiger partial charge in [-0.2, -0.15) is 0 Å². The Morgan fingerprint density at radius 1 is 1.21 bits per heavy atom. The molecule has 10 nitrogen and oxygen atoms in total. The Labute approximate surface area is 233 Å². The van der Waals surface area contributed by atoms with Crippen molar-refractivity contribution in [1.82, 2.24) is 29.0 Å². The van der Waals surface area contributed by atoms with Gasteiger partial charge in [-0.25, -0.2) is 14.8 Å². The van der Waals surface area contributed by atoms with E-state index in [0.29, 0.717) is 70.4 Å². The summed E-state index contributed by atoms with van der Waals surface area (Å²) in [5, 5.41) is 15.0. The number of hydrogen-bond acceptors (Lipinski definition) is 6. The number of aliphatic hydroxyl groups excluding tert-OH is 1. The number of aliphatic hydroxyl groups is 1. The van der Waals surface area contributed by atoms with E-state index in [9.17, 15) is 14.7 Å². The minimum absolute atomic E-state index is 0.0106. The lowest BCUT2D eigenvalue weighted by Gasteiger charge is -2.33. The van der Waals surface area contributed by atoms with Gasteiger partial charge >= 0.3 is 5.69 Å². The molecule has 39 heavy (non-hydrogen) atoms. The number of piperidine rings is 1. The molecule has 2 aliphatic heterocycles. The summed E-state index contributed by atoms with van der Waals surface area (Å²) in [6.45, 7) is 3.45. The fourth-order valence-corrected chi connectivity index (χ4v) is 5.98. The van der Waals surface area contributed by atoms with Gasteiger partial charge in [-0.05, 0) is 31.9 Å². The standard InChI is InChI=1S/C27H27Cl2N7O3/c1-15(37)24-22-18(17-4-2-5-19(28)23(17)29)12-35(26(22)32-14-31-24)13-21(38)34-10-7-16(8-11-34)36-20-6-3-9-30-25(20)33-27(36)39/h2-6,12,14-16,30,37H,7-11,13H2,1H3,(H,33,39). The summed E-state index contributed by atoms with van der Waals surface area (Å²) in [5.74, 6) is 0.686. The Morgan fingerprint density at radius 2 is 2.00 bits per heavy atom. The van der Waals surface area contributed by atoms with Crippen molar-refractivity contribution in [1.29, 1.82) is 0 Å². The Morgan fingerprint density at radius 3 is 2.77 bits per heavy atom. The van der Waals surface area contributed by atoms with Crippen molar-refractivity contribution in [2.75, 3.05) is 25.0 Å². The number of benzene rings is 1. The van der Waals surface area contributed by atoms with E-state index in [-0.39, 0.29) is 24.2 Å². The number of likely N-dealkylation sites (tertiary alicyclic amines) is 1. The summed E-state index contributed by atoms with van der Waals surface area (Å²) in [4.78, 5) is 39.6. The van der Waals surface area contributed by atoms with E-state index in [1.165, 1.54) is 6.33 Å². The molecule has 0 radical (unpaired) electrons. The van der Waals surface area contributed by atoms with Crippen LogP contribution in [0.3, 0.4) is 0 Å². The van der Waals surface area contributed by atoms with E-state index in [1.807, 2.05) is 29.3 Å². The highest BCUT2D eigenvalue weighted by Gasteiger charge is 2.29. The zero-order chi connectivity index (χ0) is 27.3. The summed E-state index contributed by atoms with van der Waals surface area (Å²) >= 11 is 12.9. The first-order valence-corrected chi connectivity index (χ1v) is 13.6. The largest absolute Gasteiger partial charge is 0.387 e. The van der Waals surface area contributed by atoms with Gasteiger partial charge in [0.1, 0.15) is 24.3 Å². The molecule has 1 amide bonds. The molecule has 12 heteroatoms. The topological polar surface area (TPSA) is 121 Å². The van der Waals surface area contributed by atoms with Crippen molar-refractivity contribution in [3.8, 4) is 11.1 Å². The van der Waals surface area contributed by atoms with Gasteiger partial charge in [0.25, 0.3) is 0 Å². The highest BCUT2D eigenvalue weighted by atomic mass is 35.5. The molecule has 202 valence electrons. The number of halogens is 2. The lowest BCUT2D eigenvalue weighted by molar-refractivity contribution is -0.133. The molecule has 1 fully saturated rings. The van der Waals surface area contributed by atoms with Crippen LogP contribution < -0.4 is 11.0 Å².